The van der Waals surface area contributed by atoms with Gasteiger partial charge < -0.3 is 19.5 Å². The lowest BCUT2D eigenvalue weighted by molar-refractivity contribution is 0.0778. The van der Waals surface area contributed by atoms with Crippen LogP contribution in [0.25, 0.3) is 0 Å². The van der Waals surface area contributed by atoms with E-state index in [9.17, 15) is 9.90 Å². The van der Waals surface area contributed by atoms with Gasteiger partial charge >= 0.3 is 6.09 Å². The molecular weight excluding hydrogens is 406 g/mol. The number of rotatable bonds is 4. The Labute approximate surface area is 189 Å². The molecule has 1 spiro atoms. The molecule has 1 unspecified atom stereocenters. The first-order valence-electron chi connectivity index (χ1n) is 11.2. The van der Waals surface area contributed by atoms with E-state index in [0.717, 1.165) is 16.8 Å². The van der Waals surface area contributed by atoms with Crippen molar-refractivity contribution in [2.24, 2.45) is 4.99 Å². The van der Waals surface area contributed by atoms with E-state index in [1.54, 1.807) is 18.1 Å². The maximum atomic E-state index is 12.2. The maximum absolute atomic E-state index is 12.2. The van der Waals surface area contributed by atoms with Crippen molar-refractivity contribution in [1.82, 2.24) is 10.2 Å². The first-order chi connectivity index (χ1) is 15.4. The molecule has 1 fully saturated rings. The molecule has 7 heteroatoms. The van der Waals surface area contributed by atoms with Crippen LogP contribution in [0.15, 0.2) is 47.5 Å². The van der Waals surface area contributed by atoms with Crippen molar-refractivity contribution >= 4 is 11.8 Å². The Bertz CT molecular complexity index is 995. The van der Waals surface area contributed by atoms with E-state index in [0.29, 0.717) is 44.7 Å². The van der Waals surface area contributed by atoms with Crippen LogP contribution < -0.4 is 10.1 Å². The van der Waals surface area contributed by atoms with Crippen LogP contribution in [-0.4, -0.2) is 54.3 Å². The van der Waals surface area contributed by atoms with Crippen LogP contribution in [0, 0.1) is 6.92 Å². The Balaban J connectivity index is 1.67. The van der Waals surface area contributed by atoms with Crippen LogP contribution in [0.4, 0.5) is 4.79 Å². The lowest BCUT2D eigenvalue weighted by Gasteiger charge is -2.45. The number of amides is 1. The zero-order valence-corrected chi connectivity index (χ0v) is 18.9. The summed E-state index contributed by atoms with van der Waals surface area (Å²) in [6.45, 7) is 5.37. The number of para-hydroxylation sites is 1. The van der Waals surface area contributed by atoms with Crippen LogP contribution in [0.5, 0.6) is 11.5 Å². The number of aryl methyl sites for hydroxylation is 1. The van der Waals surface area contributed by atoms with Crippen LogP contribution in [0.1, 0.15) is 48.9 Å². The maximum Gasteiger partial charge on any atom is 0.409 e. The first-order valence-corrected chi connectivity index (χ1v) is 11.2. The first kappa shape index (κ1) is 22.1. The van der Waals surface area contributed by atoms with Gasteiger partial charge in [0.25, 0.3) is 0 Å². The van der Waals surface area contributed by atoms with Gasteiger partial charge in [-0.15, -0.1) is 0 Å². The molecule has 0 bridgehead atoms. The minimum Gasteiger partial charge on any atom is -0.504 e. The van der Waals surface area contributed by atoms with E-state index >= 15 is 0 Å². The average molecular weight is 438 g/mol. The summed E-state index contributed by atoms with van der Waals surface area (Å²) in [5, 5.41) is 14.5. The Morgan fingerprint density at radius 2 is 1.94 bits per heavy atom. The van der Waals surface area contributed by atoms with Crippen LogP contribution in [-0.2, 0) is 4.74 Å². The normalized spacial score (nSPS) is 20.0. The fraction of sp³-hybridized carbons (Fsp3) is 0.440. The number of piperidine rings is 1. The van der Waals surface area contributed by atoms with Crippen LogP contribution >= 0.6 is 0 Å². The SMILES string of the molecule is CCOC(=O)N1CCC2(CC1)N=C(c1ccc(C)cc1)CC(c1cccc(OC)c1O)N2. The van der Waals surface area contributed by atoms with Gasteiger partial charge in [-0.2, -0.15) is 0 Å². The van der Waals surface area contributed by atoms with Gasteiger partial charge in [-0.05, 0) is 25.5 Å². The number of nitrogens with one attached hydrogen (secondary N) is 1. The molecule has 4 rings (SSSR count). The monoisotopic (exact) mass is 437 g/mol. The molecule has 1 amide bonds. The number of hydrogen-bond acceptors (Lipinski definition) is 6. The molecule has 0 saturated carbocycles. The molecule has 2 N–H and O–H groups in total. The Kier molecular flexibility index (Phi) is 6.37. The molecule has 2 aromatic rings. The van der Waals surface area contributed by atoms with E-state index in [1.807, 2.05) is 19.1 Å². The second kappa shape index (κ2) is 9.20. The summed E-state index contributed by atoms with van der Waals surface area (Å²) in [5.41, 5.74) is 3.55. The Morgan fingerprint density at radius 3 is 2.59 bits per heavy atom. The number of phenolic OH excluding ortho intramolecular Hbond substituents is 1. The highest BCUT2D eigenvalue weighted by Gasteiger charge is 2.41. The van der Waals surface area contributed by atoms with Gasteiger partial charge in [0.1, 0.15) is 5.66 Å². The van der Waals surface area contributed by atoms with Gasteiger partial charge in [0.2, 0.25) is 0 Å². The second-order valence-electron chi connectivity index (χ2n) is 8.44. The van der Waals surface area contributed by atoms with E-state index in [-0.39, 0.29) is 17.9 Å². The third-order valence-electron chi connectivity index (χ3n) is 6.32. The van der Waals surface area contributed by atoms with Gasteiger partial charge in [-0.25, -0.2) is 4.79 Å². The zero-order chi connectivity index (χ0) is 22.7. The number of carbonyl (C=O) groups is 1. The fourth-order valence-corrected chi connectivity index (χ4v) is 4.54. The number of hydrogen-bond donors (Lipinski definition) is 2. The zero-order valence-electron chi connectivity index (χ0n) is 18.9. The van der Waals surface area contributed by atoms with Crippen molar-refractivity contribution < 1.29 is 19.4 Å². The molecule has 2 aromatic carbocycles. The summed E-state index contributed by atoms with van der Waals surface area (Å²) in [6, 6.07) is 13.8. The number of phenols is 1. The van der Waals surface area contributed by atoms with E-state index in [4.69, 9.17) is 14.5 Å². The molecule has 1 saturated heterocycles. The number of benzene rings is 2. The van der Waals surface area contributed by atoms with Crippen molar-refractivity contribution in [3.63, 3.8) is 0 Å². The second-order valence-corrected chi connectivity index (χ2v) is 8.44. The van der Waals surface area contributed by atoms with E-state index < -0.39 is 5.66 Å². The quantitative estimate of drug-likeness (QED) is 0.750. The minimum absolute atomic E-state index is 0.131. The molecule has 2 aliphatic rings. The summed E-state index contributed by atoms with van der Waals surface area (Å²) >= 11 is 0. The summed E-state index contributed by atoms with van der Waals surface area (Å²) in [7, 11) is 1.55. The average Bonchev–Trinajstić information content (AvgIpc) is 2.80. The smallest absolute Gasteiger partial charge is 0.409 e. The molecular formula is C25H31N3O4. The van der Waals surface area contributed by atoms with E-state index in [2.05, 4.69) is 36.5 Å². The highest BCUT2D eigenvalue weighted by atomic mass is 16.6. The predicted molar refractivity (Wildman–Crippen MR) is 123 cm³/mol. The van der Waals surface area contributed by atoms with Crippen LogP contribution in [0.3, 0.4) is 0 Å². The van der Waals surface area contributed by atoms with E-state index in [1.165, 1.54) is 5.56 Å². The highest BCUT2D eigenvalue weighted by Crippen LogP contribution is 2.40. The summed E-state index contributed by atoms with van der Waals surface area (Å²) in [6.07, 6.45) is 1.71. The molecule has 2 heterocycles. The van der Waals surface area contributed by atoms with Gasteiger partial charge in [-0.3, -0.25) is 10.3 Å². The molecule has 2 aliphatic heterocycles. The van der Waals surface area contributed by atoms with Crippen molar-refractivity contribution in [1.29, 1.82) is 0 Å². The number of ether oxygens (including phenoxy) is 2. The number of methoxy groups -OCH3 is 1. The topological polar surface area (TPSA) is 83.4 Å². The summed E-state index contributed by atoms with van der Waals surface area (Å²) in [5.74, 6) is 0.603. The molecule has 7 nitrogen and oxygen atoms in total. The molecule has 0 aliphatic carbocycles. The summed E-state index contributed by atoms with van der Waals surface area (Å²) in [4.78, 5) is 19.1. The fourth-order valence-electron chi connectivity index (χ4n) is 4.54. The Morgan fingerprint density at radius 1 is 1.22 bits per heavy atom. The third-order valence-corrected chi connectivity index (χ3v) is 6.32. The minimum atomic E-state index is -0.512. The molecule has 0 radical (unpaired) electrons. The predicted octanol–water partition coefficient (Wildman–Crippen LogP) is 4.18. The highest BCUT2D eigenvalue weighted by molar-refractivity contribution is 6.01. The van der Waals surface area contributed by atoms with Crippen LogP contribution in [0.2, 0.25) is 0 Å². The van der Waals surface area contributed by atoms with Crippen molar-refractivity contribution in [3.05, 3.63) is 59.2 Å². The molecule has 0 aromatic heterocycles. The number of likely N-dealkylation sites (tertiary alicyclic amines) is 1. The van der Waals surface area contributed by atoms with Crippen molar-refractivity contribution in [2.45, 2.75) is 44.8 Å². The van der Waals surface area contributed by atoms with Gasteiger partial charge in [0.05, 0.1) is 13.7 Å². The molecule has 170 valence electrons. The largest absolute Gasteiger partial charge is 0.504 e. The van der Waals surface area contributed by atoms with Gasteiger partial charge in [0.15, 0.2) is 11.5 Å². The summed E-state index contributed by atoms with van der Waals surface area (Å²) < 4.78 is 10.5. The molecule has 1 atom stereocenters. The lowest BCUT2D eigenvalue weighted by atomic mass is 9.87. The molecule has 32 heavy (non-hydrogen) atoms. The van der Waals surface area contributed by atoms with Gasteiger partial charge in [-0.1, -0.05) is 42.0 Å². The lowest BCUT2D eigenvalue weighted by Crippen LogP contribution is -2.56. The standard InChI is InChI=1S/C25H31N3O4/c1-4-32-24(30)28-14-12-25(13-15-28)26-20(18-10-8-17(2)9-11-18)16-21(27-25)19-6-5-7-22(31-3)23(19)29/h5-11,21,27,29H,4,12-16H2,1-3H3. The van der Waals surface area contributed by atoms with Crippen molar-refractivity contribution in [3.8, 4) is 11.5 Å². The number of aromatic hydroxyl groups is 1. The number of carbonyl (C=O) groups excluding carboxylic acids is 1. The van der Waals surface area contributed by atoms with Gasteiger partial charge in [0, 0.05) is 49.7 Å². The third kappa shape index (κ3) is 4.43. The number of nitrogens with zero attached hydrogens (tertiary/aromatic N) is 2. The number of aliphatic imine (C=N–C) groups is 1. The Hall–Kier alpha value is -3.06. The van der Waals surface area contributed by atoms with Crippen molar-refractivity contribution in [2.75, 3.05) is 26.8 Å².